The van der Waals surface area contributed by atoms with Gasteiger partial charge < -0.3 is 23.8 Å². The maximum atomic E-state index is 13.8. The van der Waals surface area contributed by atoms with E-state index >= 15 is 0 Å². The van der Waals surface area contributed by atoms with Crippen molar-refractivity contribution in [3.05, 3.63) is 80.8 Å². The Kier molecular flexibility index (Phi) is 9.94. The van der Waals surface area contributed by atoms with E-state index in [0.717, 1.165) is 0 Å². The molecule has 3 aromatic carbocycles. The first-order chi connectivity index (χ1) is 19.5. The number of hydrogen-bond donors (Lipinski definition) is 0. The quantitative estimate of drug-likeness (QED) is 0.254. The zero-order valence-corrected chi connectivity index (χ0v) is 25.6. The lowest BCUT2D eigenvalue weighted by Gasteiger charge is -2.43. The summed E-state index contributed by atoms with van der Waals surface area (Å²) in [7, 11) is 0.331. The van der Waals surface area contributed by atoms with Gasteiger partial charge in [-0.25, -0.2) is 0 Å². The summed E-state index contributed by atoms with van der Waals surface area (Å²) in [5.74, 6) is 0.712. The van der Waals surface area contributed by atoms with Crippen LogP contribution in [0.15, 0.2) is 59.5 Å². The van der Waals surface area contributed by atoms with Gasteiger partial charge in [-0.3, -0.25) is 8.98 Å². The minimum Gasteiger partial charge on any atom is -0.493 e. The highest BCUT2D eigenvalue weighted by molar-refractivity contribution is 7.86. The Morgan fingerprint density at radius 3 is 2.17 bits per heavy atom. The molecule has 4 rings (SSSR count). The zero-order chi connectivity index (χ0) is 29.8. The summed E-state index contributed by atoms with van der Waals surface area (Å²) < 4.78 is 53.5. The van der Waals surface area contributed by atoms with Crippen LogP contribution in [0.4, 0.5) is 0 Å². The van der Waals surface area contributed by atoms with E-state index in [1.165, 1.54) is 45.6 Å². The molecule has 0 N–H and O–H groups in total. The van der Waals surface area contributed by atoms with Crippen LogP contribution in [0.5, 0.6) is 17.2 Å². The molecule has 1 aliphatic rings. The Balaban J connectivity index is 1.64. The number of amides is 1. The van der Waals surface area contributed by atoms with Gasteiger partial charge in [0.2, 0.25) is 5.75 Å². The first-order valence-electron chi connectivity index (χ1n) is 12.4. The van der Waals surface area contributed by atoms with Gasteiger partial charge in [-0.15, -0.1) is 0 Å². The molecular weight excluding hydrogens is 617 g/mol. The first kappa shape index (κ1) is 31.2. The number of benzene rings is 3. The average Bonchev–Trinajstić information content (AvgIpc) is 2.97. The number of halogens is 3. The molecule has 0 radical (unpaired) electrons. The molecule has 0 spiro atoms. The summed E-state index contributed by atoms with van der Waals surface area (Å²) in [4.78, 5) is 15.3. The lowest BCUT2D eigenvalue weighted by Crippen LogP contribution is -2.52. The Hall–Kier alpha value is -2.73. The SMILES string of the molecule is COc1cc(C(=O)N2CCOC(CCOS(=O)(=O)c3ccc(Cl)cc3)(c3ccc(Cl)c(Cl)c3)C2)cc(OC)c1OC. The molecule has 3 aromatic rings. The van der Waals surface area contributed by atoms with Gasteiger partial charge in [-0.2, -0.15) is 8.42 Å². The van der Waals surface area contributed by atoms with Crippen molar-refractivity contribution in [1.29, 1.82) is 0 Å². The van der Waals surface area contributed by atoms with Crippen molar-refractivity contribution in [2.24, 2.45) is 0 Å². The van der Waals surface area contributed by atoms with Gasteiger partial charge in [0.05, 0.1) is 56.0 Å². The zero-order valence-electron chi connectivity index (χ0n) is 22.5. The predicted octanol–water partition coefficient (Wildman–Crippen LogP) is 5.84. The van der Waals surface area contributed by atoms with Gasteiger partial charge in [0.25, 0.3) is 16.0 Å². The second kappa shape index (κ2) is 13.1. The molecule has 1 saturated heterocycles. The van der Waals surface area contributed by atoms with Gasteiger partial charge >= 0.3 is 0 Å². The topological polar surface area (TPSA) is 101 Å². The summed E-state index contributed by atoms with van der Waals surface area (Å²) in [6.07, 6.45) is 0.0802. The smallest absolute Gasteiger partial charge is 0.296 e. The van der Waals surface area contributed by atoms with Crippen LogP contribution < -0.4 is 14.2 Å². The molecule has 9 nitrogen and oxygen atoms in total. The van der Waals surface area contributed by atoms with Crippen LogP contribution in [-0.4, -0.2) is 66.9 Å². The molecule has 1 aliphatic heterocycles. The van der Waals surface area contributed by atoms with Crippen LogP contribution in [0.2, 0.25) is 15.1 Å². The Labute approximate surface area is 253 Å². The molecule has 0 saturated carbocycles. The maximum absolute atomic E-state index is 13.8. The fraction of sp³-hybridized carbons (Fsp3) is 0.321. The van der Waals surface area contributed by atoms with Gasteiger partial charge in [0.15, 0.2) is 11.5 Å². The van der Waals surface area contributed by atoms with Crippen molar-refractivity contribution in [3.63, 3.8) is 0 Å². The standard InChI is InChI=1S/C28H28Cl3NO8S/c1-36-24-14-18(15-25(37-2)26(24)38-3)27(33)32-11-13-39-28(17-32,19-4-9-22(30)23(31)16-19)10-12-40-41(34,35)21-7-5-20(29)6-8-21/h4-9,14-16H,10-13,17H2,1-3H3. The normalized spacial score (nSPS) is 17.3. The second-order valence-corrected chi connectivity index (χ2v) is 12.0. The van der Waals surface area contributed by atoms with E-state index in [1.807, 2.05) is 0 Å². The van der Waals surface area contributed by atoms with E-state index in [4.69, 9.17) is 57.9 Å². The van der Waals surface area contributed by atoms with E-state index in [1.54, 1.807) is 35.2 Å². The maximum Gasteiger partial charge on any atom is 0.296 e. The molecule has 1 atom stereocenters. The molecule has 13 heteroatoms. The van der Waals surface area contributed by atoms with Crippen LogP contribution in [0.3, 0.4) is 0 Å². The van der Waals surface area contributed by atoms with Crippen molar-refractivity contribution < 1.29 is 36.3 Å². The highest BCUT2D eigenvalue weighted by Crippen LogP contribution is 2.40. The predicted molar refractivity (Wildman–Crippen MR) is 155 cm³/mol. The summed E-state index contributed by atoms with van der Waals surface area (Å²) in [5, 5.41) is 1.03. The van der Waals surface area contributed by atoms with E-state index in [0.29, 0.717) is 38.4 Å². The van der Waals surface area contributed by atoms with Crippen LogP contribution in [0, 0.1) is 0 Å². The lowest BCUT2D eigenvalue weighted by molar-refractivity contribution is -0.114. The van der Waals surface area contributed by atoms with Crippen LogP contribution in [-0.2, 0) is 24.6 Å². The van der Waals surface area contributed by atoms with Crippen molar-refractivity contribution in [2.75, 3.05) is 47.6 Å². The van der Waals surface area contributed by atoms with Crippen molar-refractivity contribution in [3.8, 4) is 17.2 Å². The van der Waals surface area contributed by atoms with E-state index < -0.39 is 15.7 Å². The summed E-state index contributed by atoms with van der Waals surface area (Å²) in [6.45, 7) is 0.283. The third-order valence-electron chi connectivity index (χ3n) is 6.68. The van der Waals surface area contributed by atoms with Crippen LogP contribution in [0.25, 0.3) is 0 Å². The van der Waals surface area contributed by atoms with Gasteiger partial charge in [-0.1, -0.05) is 40.9 Å². The average molecular weight is 645 g/mol. The third kappa shape index (κ3) is 6.85. The van der Waals surface area contributed by atoms with Crippen molar-refractivity contribution in [1.82, 2.24) is 4.90 Å². The largest absolute Gasteiger partial charge is 0.493 e. The number of carbonyl (C=O) groups excluding carboxylic acids is 1. The molecular formula is C28H28Cl3NO8S. The van der Waals surface area contributed by atoms with E-state index in [-0.39, 0.29) is 48.5 Å². The molecule has 220 valence electrons. The summed E-state index contributed by atoms with van der Waals surface area (Å²) in [6, 6.07) is 13.8. The molecule has 0 aliphatic carbocycles. The monoisotopic (exact) mass is 643 g/mol. The van der Waals surface area contributed by atoms with Gasteiger partial charge in [0, 0.05) is 23.6 Å². The third-order valence-corrected chi connectivity index (χ3v) is 8.99. The number of ether oxygens (including phenoxy) is 4. The molecule has 0 aromatic heterocycles. The Bertz CT molecular complexity index is 1490. The van der Waals surface area contributed by atoms with Gasteiger partial charge in [-0.05, 0) is 54.1 Å². The minimum absolute atomic E-state index is 0.0331. The van der Waals surface area contributed by atoms with Crippen molar-refractivity contribution in [2.45, 2.75) is 16.9 Å². The highest BCUT2D eigenvalue weighted by atomic mass is 35.5. The molecule has 1 unspecified atom stereocenters. The lowest BCUT2D eigenvalue weighted by atomic mass is 9.88. The molecule has 1 amide bonds. The highest BCUT2D eigenvalue weighted by Gasteiger charge is 2.41. The molecule has 1 fully saturated rings. The van der Waals surface area contributed by atoms with Crippen molar-refractivity contribution >= 4 is 50.8 Å². The molecule has 1 heterocycles. The fourth-order valence-corrected chi connectivity index (χ4v) is 5.91. The second-order valence-electron chi connectivity index (χ2n) is 9.09. The number of methoxy groups -OCH3 is 3. The number of carbonyl (C=O) groups is 1. The fourth-order valence-electron chi connectivity index (χ4n) is 4.58. The minimum atomic E-state index is -4.08. The molecule has 41 heavy (non-hydrogen) atoms. The van der Waals surface area contributed by atoms with Crippen LogP contribution in [0.1, 0.15) is 22.3 Å². The Morgan fingerprint density at radius 2 is 1.59 bits per heavy atom. The number of nitrogens with zero attached hydrogens (tertiary/aromatic N) is 1. The number of hydrogen-bond acceptors (Lipinski definition) is 8. The molecule has 0 bridgehead atoms. The van der Waals surface area contributed by atoms with Gasteiger partial charge in [0.1, 0.15) is 5.60 Å². The number of rotatable bonds is 10. The van der Waals surface area contributed by atoms with E-state index in [2.05, 4.69) is 0 Å². The Morgan fingerprint density at radius 1 is 0.927 bits per heavy atom. The van der Waals surface area contributed by atoms with E-state index in [9.17, 15) is 13.2 Å². The summed E-state index contributed by atoms with van der Waals surface area (Å²) >= 11 is 18.4. The first-order valence-corrected chi connectivity index (χ1v) is 14.9. The van der Waals surface area contributed by atoms with Crippen LogP contribution >= 0.6 is 34.8 Å². The number of morpholine rings is 1. The summed E-state index contributed by atoms with van der Waals surface area (Å²) in [5.41, 5.74) is -0.231.